The lowest BCUT2D eigenvalue weighted by Crippen LogP contribution is -2.15. The number of hydrogen-bond donors (Lipinski definition) is 2. The van der Waals surface area contributed by atoms with Crippen molar-refractivity contribution in [1.29, 1.82) is 0 Å². The second kappa shape index (κ2) is 7.53. The Morgan fingerprint density at radius 3 is 2.72 bits per heavy atom. The Labute approximate surface area is 188 Å². The first-order valence-electron chi connectivity index (χ1n) is 10.1. The highest BCUT2D eigenvalue weighted by Gasteiger charge is 2.45. The molecular formula is C24H19ClFN5O. The molecule has 1 aromatic carbocycles. The van der Waals surface area contributed by atoms with Crippen LogP contribution in [0.25, 0.3) is 22.0 Å². The fourth-order valence-corrected chi connectivity index (χ4v) is 3.87. The molecule has 0 spiro atoms. The molecule has 6 nitrogen and oxygen atoms in total. The van der Waals surface area contributed by atoms with Gasteiger partial charge in [0.25, 0.3) is 5.91 Å². The Morgan fingerprint density at radius 2 is 1.94 bits per heavy atom. The number of fused-ring (bicyclic) bond motifs is 1. The molecule has 3 N–H and O–H groups in total. The molecule has 0 saturated heterocycles. The predicted octanol–water partition coefficient (Wildman–Crippen LogP) is 5.45. The first-order valence-corrected chi connectivity index (χ1v) is 10.5. The summed E-state index contributed by atoms with van der Waals surface area (Å²) in [5.74, 6) is -0.160. The minimum atomic E-state index is -1.32. The molecule has 0 atom stereocenters. The highest BCUT2D eigenvalue weighted by molar-refractivity contribution is 6.37. The normalized spacial score (nSPS) is 14.3. The van der Waals surface area contributed by atoms with E-state index in [1.54, 1.807) is 18.5 Å². The number of alkyl halides is 1. The lowest BCUT2D eigenvalue weighted by Gasteiger charge is -2.12. The van der Waals surface area contributed by atoms with Gasteiger partial charge in [-0.05, 0) is 66.8 Å². The van der Waals surface area contributed by atoms with Crippen LogP contribution in [0.2, 0.25) is 5.02 Å². The van der Waals surface area contributed by atoms with Crippen LogP contribution in [0.3, 0.4) is 0 Å². The number of hydrogen-bond acceptors (Lipinski definition) is 5. The van der Waals surface area contributed by atoms with Gasteiger partial charge in [0.2, 0.25) is 0 Å². The third kappa shape index (κ3) is 3.65. The smallest absolute Gasteiger partial charge is 0.274 e. The number of nitrogens with two attached hydrogens (primary N) is 1. The number of nitrogens with zero attached hydrogens (tertiary/aromatic N) is 3. The van der Waals surface area contributed by atoms with Gasteiger partial charge in [0.1, 0.15) is 22.2 Å². The van der Waals surface area contributed by atoms with Gasteiger partial charge in [0.05, 0.1) is 5.52 Å². The molecule has 1 fully saturated rings. The molecule has 0 unspecified atom stereocenters. The SMILES string of the molecule is Cc1ccc(NC(=O)c2cc(C3(F)CC3)ccn2)cc1-c1cnc2c(Cl)c(N)ncc2c1. The number of amides is 1. The minimum absolute atomic E-state index is 0.180. The molecule has 5 rings (SSSR count). The number of carbonyl (C=O) groups is 1. The molecule has 1 aliphatic rings. The summed E-state index contributed by atoms with van der Waals surface area (Å²) in [4.78, 5) is 25.4. The number of halogens is 2. The van der Waals surface area contributed by atoms with Crippen LogP contribution in [0.15, 0.2) is 55.0 Å². The maximum atomic E-state index is 14.4. The predicted molar refractivity (Wildman–Crippen MR) is 123 cm³/mol. The zero-order chi connectivity index (χ0) is 22.5. The van der Waals surface area contributed by atoms with Gasteiger partial charge in [-0.25, -0.2) is 9.37 Å². The van der Waals surface area contributed by atoms with Crippen LogP contribution in [0, 0.1) is 6.92 Å². The standard InChI is InChI=1S/C24H19ClFN5O/c1-13-2-3-17(31-23(32)19-9-16(4-7-28-19)24(26)5-6-24)10-18(13)14-8-15-12-30-22(27)20(25)21(15)29-11-14/h2-4,7-12H,5-6H2,1H3,(H2,27,30)(H,31,32). The molecule has 32 heavy (non-hydrogen) atoms. The van der Waals surface area contributed by atoms with E-state index >= 15 is 0 Å². The van der Waals surface area contributed by atoms with Crippen molar-refractivity contribution >= 4 is 39.9 Å². The van der Waals surface area contributed by atoms with Crippen molar-refractivity contribution < 1.29 is 9.18 Å². The van der Waals surface area contributed by atoms with Crippen molar-refractivity contribution in [3.63, 3.8) is 0 Å². The summed E-state index contributed by atoms with van der Waals surface area (Å²) in [6.07, 6.45) is 5.77. The number of nitrogen functional groups attached to an aromatic ring is 1. The fraction of sp³-hybridized carbons (Fsp3) is 0.167. The van der Waals surface area contributed by atoms with E-state index in [4.69, 9.17) is 17.3 Å². The zero-order valence-corrected chi connectivity index (χ0v) is 17.9. The summed E-state index contributed by atoms with van der Waals surface area (Å²) in [5, 5.41) is 3.94. The monoisotopic (exact) mass is 447 g/mol. The van der Waals surface area contributed by atoms with Gasteiger partial charge < -0.3 is 11.1 Å². The largest absolute Gasteiger partial charge is 0.382 e. The molecule has 0 bridgehead atoms. The summed E-state index contributed by atoms with van der Waals surface area (Å²) in [7, 11) is 0. The topological polar surface area (TPSA) is 93.8 Å². The van der Waals surface area contributed by atoms with E-state index in [0.29, 0.717) is 34.6 Å². The number of aryl methyl sites for hydroxylation is 1. The number of nitrogens with one attached hydrogen (secondary N) is 1. The number of aromatic nitrogens is 3. The van der Waals surface area contributed by atoms with E-state index < -0.39 is 11.6 Å². The van der Waals surface area contributed by atoms with E-state index in [0.717, 1.165) is 22.1 Å². The average Bonchev–Trinajstić information content (AvgIpc) is 3.56. The molecule has 160 valence electrons. The molecule has 8 heteroatoms. The van der Waals surface area contributed by atoms with Crippen molar-refractivity contribution in [3.8, 4) is 11.1 Å². The van der Waals surface area contributed by atoms with E-state index in [9.17, 15) is 9.18 Å². The lowest BCUT2D eigenvalue weighted by molar-refractivity contribution is 0.102. The second-order valence-electron chi connectivity index (χ2n) is 8.00. The first kappa shape index (κ1) is 20.3. The van der Waals surface area contributed by atoms with Crippen LogP contribution in [0.5, 0.6) is 0 Å². The molecule has 4 aromatic rings. The van der Waals surface area contributed by atoms with Gasteiger partial charge >= 0.3 is 0 Å². The van der Waals surface area contributed by atoms with Crippen molar-refractivity contribution in [3.05, 3.63) is 76.8 Å². The maximum Gasteiger partial charge on any atom is 0.274 e. The minimum Gasteiger partial charge on any atom is -0.382 e. The third-order valence-electron chi connectivity index (χ3n) is 5.70. The van der Waals surface area contributed by atoms with Gasteiger partial charge in [0, 0.05) is 35.2 Å². The average molecular weight is 448 g/mol. The van der Waals surface area contributed by atoms with Gasteiger partial charge in [-0.3, -0.25) is 14.8 Å². The van der Waals surface area contributed by atoms with Crippen LogP contribution in [0.4, 0.5) is 15.9 Å². The summed E-state index contributed by atoms with van der Waals surface area (Å²) in [6, 6.07) is 10.7. The molecule has 3 aromatic heterocycles. The van der Waals surface area contributed by atoms with Crippen molar-refractivity contribution in [1.82, 2.24) is 15.0 Å². The van der Waals surface area contributed by atoms with E-state index in [1.807, 2.05) is 31.2 Å². The number of carbonyl (C=O) groups excluding carboxylic acids is 1. The van der Waals surface area contributed by atoms with E-state index in [1.165, 1.54) is 12.3 Å². The first-order chi connectivity index (χ1) is 15.3. The Bertz CT molecular complexity index is 1390. The number of anilines is 2. The Balaban J connectivity index is 1.45. The second-order valence-corrected chi connectivity index (χ2v) is 8.38. The van der Waals surface area contributed by atoms with Crippen molar-refractivity contribution in [2.24, 2.45) is 0 Å². The zero-order valence-electron chi connectivity index (χ0n) is 17.2. The highest BCUT2D eigenvalue weighted by Crippen LogP contribution is 2.49. The molecule has 0 radical (unpaired) electrons. The van der Waals surface area contributed by atoms with Crippen LogP contribution < -0.4 is 11.1 Å². The van der Waals surface area contributed by atoms with Gasteiger partial charge in [-0.15, -0.1) is 0 Å². The van der Waals surface area contributed by atoms with Crippen molar-refractivity contribution in [2.75, 3.05) is 11.1 Å². The number of pyridine rings is 3. The third-order valence-corrected chi connectivity index (χ3v) is 6.07. The van der Waals surface area contributed by atoms with Gasteiger partial charge in [-0.1, -0.05) is 17.7 Å². The van der Waals surface area contributed by atoms with Gasteiger partial charge in [-0.2, -0.15) is 0 Å². The maximum absolute atomic E-state index is 14.4. The molecule has 3 heterocycles. The Morgan fingerprint density at radius 1 is 1.12 bits per heavy atom. The van der Waals surface area contributed by atoms with Crippen LogP contribution in [-0.4, -0.2) is 20.9 Å². The van der Waals surface area contributed by atoms with Crippen LogP contribution in [0.1, 0.15) is 34.5 Å². The number of benzene rings is 1. The lowest BCUT2D eigenvalue weighted by atomic mass is 10.00. The molecule has 0 aliphatic heterocycles. The molecule has 1 aliphatic carbocycles. The highest BCUT2D eigenvalue weighted by atomic mass is 35.5. The van der Waals surface area contributed by atoms with E-state index in [-0.39, 0.29) is 11.5 Å². The quantitative estimate of drug-likeness (QED) is 0.434. The molecular weight excluding hydrogens is 429 g/mol. The Hall–Kier alpha value is -3.58. The van der Waals surface area contributed by atoms with Crippen molar-refractivity contribution in [2.45, 2.75) is 25.4 Å². The molecule has 1 amide bonds. The van der Waals surface area contributed by atoms with Gasteiger partial charge in [0.15, 0.2) is 0 Å². The summed E-state index contributed by atoms with van der Waals surface area (Å²) in [6.45, 7) is 1.97. The molecule has 1 saturated carbocycles. The Kier molecular flexibility index (Phi) is 4.78. The summed E-state index contributed by atoms with van der Waals surface area (Å²) >= 11 is 6.21. The number of rotatable bonds is 4. The van der Waals surface area contributed by atoms with Crippen LogP contribution in [-0.2, 0) is 5.67 Å². The fourth-order valence-electron chi connectivity index (χ4n) is 3.67. The van der Waals surface area contributed by atoms with Crippen LogP contribution >= 0.6 is 11.6 Å². The van der Waals surface area contributed by atoms with E-state index in [2.05, 4.69) is 20.3 Å². The summed E-state index contributed by atoms with van der Waals surface area (Å²) in [5.41, 5.74) is 9.05. The summed E-state index contributed by atoms with van der Waals surface area (Å²) < 4.78 is 14.4.